The smallest absolute Gasteiger partial charge is 0.126 e. The second kappa shape index (κ2) is 8.86. The number of hydrogen-bond acceptors (Lipinski definition) is 3. The summed E-state index contributed by atoms with van der Waals surface area (Å²) in [5.74, 6) is 2.18. The van der Waals surface area contributed by atoms with Gasteiger partial charge >= 0.3 is 0 Å². The third kappa shape index (κ3) is 4.01. The first-order valence-electron chi connectivity index (χ1n) is 10.5. The highest BCUT2D eigenvalue weighted by Gasteiger charge is 2.28. The molecule has 2 N–H and O–H groups in total. The van der Waals surface area contributed by atoms with Crippen LogP contribution in [0.3, 0.4) is 0 Å². The molecule has 1 saturated carbocycles. The maximum Gasteiger partial charge on any atom is 0.126 e. The second-order valence-corrected chi connectivity index (χ2v) is 8.30. The number of halogens is 2. The number of benzene rings is 2. The molecule has 0 amide bonds. The van der Waals surface area contributed by atoms with Crippen molar-refractivity contribution in [2.75, 3.05) is 13.7 Å². The van der Waals surface area contributed by atoms with Gasteiger partial charge in [-0.3, -0.25) is 0 Å². The lowest BCUT2D eigenvalue weighted by molar-refractivity contribution is 0.209. The fraction of sp³-hybridized carbons (Fsp3) is 0.417. The fourth-order valence-corrected chi connectivity index (χ4v) is 5.03. The van der Waals surface area contributed by atoms with Crippen molar-refractivity contribution < 1.29 is 13.9 Å². The number of aromatic nitrogens is 1. The number of H-pyrrole nitrogens is 1. The zero-order chi connectivity index (χ0) is 19.8. The van der Waals surface area contributed by atoms with Gasteiger partial charge in [-0.2, -0.15) is 0 Å². The molecular formula is C24H28ClFN2O2. The average molecular weight is 431 g/mol. The molecule has 0 saturated heterocycles. The van der Waals surface area contributed by atoms with Crippen LogP contribution in [0.15, 0.2) is 42.6 Å². The molecule has 6 heteroatoms. The Labute approximate surface area is 182 Å². The van der Waals surface area contributed by atoms with Gasteiger partial charge in [-0.1, -0.05) is 6.07 Å². The van der Waals surface area contributed by atoms with Crippen molar-refractivity contribution in [1.29, 1.82) is 0 Å². The van der Waals surface area contributed by atoms with Gasteiger partial charge in [0.1, 0.15) is 23.9 Å². The highest BCUT2D eigenvalue weighted by atomic mass is 35.5. The maximum absolute atomic E-state index is 13.7. The van der Waals surface area contributed by atoms with Gasteiger partial charge in [0.25, 0.3) is 0 Å². The van der Waals surface area contributed by atoms with Gasteiger partial charge in [0.05, 0.1) is 7.11 Å². The molecule has 1 aromatic heterocycles. The highest BCUT2D eigenvalue weighted by Crippen LogP contribution is 2.38. The van der Waals surface area contributed by atoms with E-state index in [4.69, 9.17) is 9.47 Å². The number of aromatic amines is 1. The lowest BCUT2D eigenvalue weighted by Gasteiger charge is -2.34. The molecule has 3 aromatic rings. The van der Waals surface area contributed by atoms with Gasteiger partial charge in [-0.15, -0.1) is 12.4 Å². The summed E-state index contributed by atoms with van der Waals surface area (Å²) in [6, 6.07) is 11.8. The van der Waals surface area contributed by atoms with E-state index in [2.05, 4.69) is 16.5 Å². The number of fused-ring (bicyclic) bond motifs is 2. The van der Waals surface area contributed by atoms with E-state index in [9.17, 15) is 4.39 Å². The van der Waals surface area contributed by atoms with Crippen molar-refractivity contribution in [2.24, 2.45) is 0 Å². The Balaban J connectivity index is 0.00000218. The maximum atomic E-state index is 13.7. The number of methoxy groups -OCH3 is 1. The van der Waals surface area contributed by atoms with Gasteiger partial charge < -0.3 is 19.8 Å². The lowest BCUT2D eigenvalue weighted by atomic mass is 9.81. The van der Waals surface area contributed by atoms with Crippen molar-refractivity contribution >= 4 is 23.3 Å². The normalized spacial score (nSPS) is 23.3. The standard InChI is InChI=1S/C24H27FN2O2.ClH/c1-28-23-3-2-4-24-20(23)12-18(14-29-24)27-17-8-5-15(6-9-17)21-13-26-22-10-7-16(25)11-19(21)22;/h2-4,7,10-11,13,15,17-18,26-27H,5-6,8-9,12,14H2,1H3;1H/t15-,17-,18?;. The fourth-order valence-electron chi connectivity index (χ4n) is 5.03. The molecular weight excluding hydrogens is 403 g/mol. The quantitative estimate of drug-likeness (QED) is 0.586. The third-order valence-corrected chi connectivity index (χ3v) is 6.51. The Kier molecular flexibility index (Phi) is 6.21. The summed E-state index contributed by atoms with van der Waals surface area (Å²) in [7, 11) is 1.71. The first kappa shape index (κ1) is 21.0. The third-order valence-electron chi connectivity index (χ3n) is 6.51. The van der Waals surface area contributed by atoms with Gasteiger partial charge in [-0.05, 0) is 73.9 Å². The molecule has 4 nitrogen and oxygen atoms in total. The summed E-state index contributed by atoms with van der Waals surface area (Å²) >= 11 is 0. The van der Waals surface area contributed by atoms with Crippen LogP contribution in [0.1, 0.15) is 42.7 Å². The van der Waals surface area contributed by atoms with Gasteiger partial charge in [0, 0.05) is 34.7 Å². The molecule has 2 heterocycles. The van der Waals surface area contributed by atoms with Crippen LogP contribution in [-0.2, 0) is 6.42 Å². The number of hydrogen-bond donors (Lipinski definition) is 2. The van der Waals surface area contributed by atoms with Crippen molar-refractivity contribution in [2.45, 2.75) is 50.1 Å². The van der Waals surface area contributed by atoms with E-state index in [0.29, 0.717) is 24.6 Å². The van der Waals surface area contributed by atoms with E-state index < -0.39 is 0 Å². The van der Waals surface area contributed by atoms with Crippen LogP contribution in [0.2, 0.25) is 0 Å². The van der Waals surface area contributed by atoms with Crippen molar-refractivity contribution in [1.82, 2.24) is 10.3 Å². The van der Waals surface area contributed by atoms with Crippen LogP contribution >= 0.6 is 12.4 Å². The molecule has 0 spiro atoms. The summed E-state index contributed by atoms with van der Waals surface area (Å²) in [4.78, 5) is 3.30. The van der Waals surface area contributed by atoms with Gasteiger partial charge in [0.15, 0.2) is 0 Å². The molecule has 30 heavy (non-hydrogen) atoms. The van der Waals surface area contributed by atoms with Crippen LogP contribution in [0.5, 0.6) is 11.5 Å². The SMILES string of the molecule is COc1cccc2c1CC(N[C@H]1CC[C@H](c3c[nH]c4ccc(F)cc43)CC1)CO2.Cl. The molecule has 5 rings (SSSR count). The van der Waals surface area contributed by atoms with E-state index in [1.54, 1.807) is 13.2 Å². The molecule has 2 aliphatic rings. The van der Waals surface area contributed by atoms with E-state index in [-0.39, 0.29) is 18.2 Å². The summed E-state index contributed by atoms with van der Waals surface area (Å²) in [6.07, 6.45) is 7.49. The zero-order valence-corrected chi connectivity index (χ0v) is 17.9. The first-order chi connectivity index (χ1) is 14.2. The van der Waals surface area contributed by atoms with Crippen molar-refractivity contribution in [3.63, 3.8) is 0 Å². The average Bonchev–Trinajstić information content (AvgIpc) is 3.17. The van der Waals surface area contributed by atoms with E-state index in [0.717, 1.165) is 60.1 Å². The van der Waals surface area contributed by atoms with Crippen molar-refractivity contribution in [3.8, 4) is 11.5 Å². The van der Waals surface area contributed by atoms with E-state index in [1.165, 1.54) is 11.6 Å². The molecule has 1 aliphatic heterocycles. The van der Waals surface area contributed by atoms with Gasteiger partial charge in [0.2, 0.25) is 0 Å². The summed E-state index contributed by atoms with van der Waals surface area (Å²) in [6.45, 7) is 0.696. The first-order valence-corrected chi connectivity index (χ1v) is 10.5. The zero-order valence-electron chi connectivity index (χ0n) is 17.1. The number of ether oxygens (including phenoxy) is 2. The predicted octanol–water partition coefficient (Wildman–Crippen LogP) is 5.36. The molecule has 2 aromatic carbocycles. The number of rotatable bonds is 4. The molecule has 1 aliphatic carbocycles. The Morgan fingerprint density at radius 3 is 2.73 bits per heavy atom. The Bertz CT molecular complexity index is 999. The predicted molar refractivity (Wildman–Crippen MR) is 120 cm³/mol. The number of nitrogens with one attached hydrogen (secondary N) is 2. The van der Waals surface area contributed by atoms with Crippen LogP contribution in [0.25, 0.3) is 10.9 Å². The minimum Gasteiger partial charge on any atom is -0.496 e. The second-order valence-electron chi connectivity index (χ2n) is 8.30. The summed E-state index contributed by atoms with van der Waals surface area (Å²) in [5, 5.41) is 4.85. The molecule has 1 atom stereocenters. The lowest BCUT2D eigenvalue weighted by Crippen LogP contribution is -2.46. The molecule has 0 radical (unpaired) electrons. The summed E-state index contributed by atoms with van der Waals surface area (Å²) < 4.78 is 25.2. The molecule has 0 bridgehead atoms. The van der Waals surface area contributed by atoms with E-state index in [1.807, 2.05) is 24.3 Å². The molecule has 160 valence electrons. The van der Waals surface area contributed by atoms with E-state index >= 15 is 0 Å². The van der Waals surface area contributed by atoms with Gasteiger partial charge in [-0.25, -0.2) is 4.39 Å². The Morgan fingerprint density at radius 1 is 1.10 bits per heavy atom. The Morgan fingerprint density at radius 2 is 1.93 bits per heavy atom. The van der Waals surface area contributed by atoms with Crippen LogP contribution in [0, 0.1) is 5.82 Å². The van der Waals surface area contributed by atoms with Crippen molar-refractivity contribution in [3.05, 3.63) is 59.5 Å². The molecule has 1 unspecified atom stereocenters. The van der Waals surface area contributed by atoms with Crippen LogP contribution in [0.4, 0.5) is 4.39 Å². The topological polar surface area (TPSA) is 46.3 Å². The van der Waals surface area contributed by atoms with Crippen LogP contribution < -0.4 is 14.8 Å². The highest BCUT2D eigenvalue weighted by molar-refractivity contribution is 5.85. The monoisotopic (exact) mass is 430 g/mol. The van der Waals surface area contributed by atoms with Crippen LogP contribution in [-0.4, -0.2) is 30.8 Å². The minimum absolute atomic E-state index is 0. The largest absolute Gasteiger partial charge is 0.496 e. The Hall–Kier alpha value is -2.24. The molecule has 1 fully saturated rings. The minimum atomic E-state index is -0.165. The summed E-state index contributed by atoms with van der Waals surface area (Å²) in [5.41, 5.74) is 3.44.